The normalized spacial score (nSPS) is 28.4. The maximum atomic E-state index is 13.1. The van der Waals surface area contributed by atoms with E-state index in [1.54, 1.807) is 0 Å². The van der Waals surface area contributed by atoms with Gasteiger partial charge in [-0.15, -0.1) is 0 Å². The average Bonchev–Trinajstić information content (AvgIpc) is 3.37. The Bertz CT molecular complexity index is 1060. The Kier molecular flexibility index (Phi) is 3.46. The summed E-state index contributed by atoms with van der Waals surface area (Å²) in [5, 5.41) is 8.84. The number of hydrogen-bond donors (Lipinski definition) is 3. The predicted octanol–water partition coefficient (Wildman–Crippen LogP) is 2.63. The van der Waals surface area contributed by atoms with E-state index in [9.17, 15) is 4.79 Å². The van der Waals surface area contributed by atoms with Gasteiger partial charge in [0.25, 0.3) is 0 Å². The molecule has 2 aromatic carbocycles. The van der Waals surface area contributed by atoms with Crippen molar-refractivity contribution in [1.29, 1.82) is 0 Å². The van der Waals surface area contributed by atoms with E-state index in [2.05, 4.69) is 69.0 Å². The van der Waals surface area contributed by atoms with Gasteiger partial charge in [-0.2, -0.15) is 0 Å². The molecule has 5 nitrogen and oxygen atoms in total. The van der Waals surface area contributed by atoms with E-state index in [0.717, 1.165) is 37.9 Å². The number of fused-ring (bicyclic) bond motifs is 8. The molecule has 2 bridgehead atoms. The molecule has 142 valence electrons. The summed E-state index contributed by atoms with van der Waals surface area (Å²) >= 11 is 0. The monoisotopic (exact) mass is 372 g/mol. The molecule has 3 aromatic rings. The number of amides is 1. The molecule has 2 fully saturated rings. The molecule has 0 radical (unpaired) electrons. The van der Waals surface area contributed by atoms with E-state index in [-0.39, 0.29) is 18.0 Å². The largest absolute Gasteiger partial charge is 0.355 e. The Morgan fingerprint density at radius 1 is 1.11 bits per heavy atom. The smallest absolute Gasteiger partial charge is 0.240 e. The summed E-state index contributed by atoms with van der Waals surface area (Å²) in [5.41, 5.74) is 4.47. The van der Waals surface area contributed by atoms with E-state index in [0.29, 0.717) is 0 Å². The number of carbonyl (C=O) groups is 1. The van der Waals surface area contributed by atoms with Gasteiger partial charge in [0.05, 0.1) is 17.8 Å². The summed E-state index contributed by atoms with van der Waals surface area (Å²) in [5.74, 6) is 0.260. The Labute approximate surface area is 164 Å². The Morgan fingerprint density at radius 2 is 1.93 bits per heavy atom. The molecule has 0 aliphatic carbocycles. The third-order valence-corrected chi connectivity index (χ3v) is 6.77. The van der Waals surface area contributed by atoms with Crippen LogP contribution in [-0.2, 0) is 23.4 Å². The van der Waals surface area contributed by atoms with Crippen molar-refractivity contribution in [2.24, 2.45) is 0 Å². The lowest BCUT2D eigenvalue weighted by atomic mass is 9.80. The van der Waals surface area contributed by atoms with Gasteiger partial charge in [-0.3, -0.25) is 15.4 Å². The van der Waals surface area contributed by atoms with Crippen LogP contribution in [0, 0.1) is 0 Å². The lowest BCUT2D eigenvalue weighted by molar-refractivity contribution is -0.144. The highest BCUT2D eigenvalue weighted by molar-refractivity contribution is 5.90. The SMILES string of the molecule is O=C1[C@H]2Cc3c([nH]c4ccccc34)[C@](NCc3ccccc3)(N2)[C@@H]2CCCN12. The molecule has 5 heteroatoms. The van der Waals surface area contributed by atoms with Gasteiger partial charge in [-0.25, -0.2) is 0 Å². The number of para-hydroxylation sites is 1. The molecule has 1 aromatic heterocycles. The molecule has 4 heterocycles. The summed E-state index contributed by atoms with van der Waals surface area (Å²) in [6, 6.07) is 18.9. The van der Waals surface area contributed by atoms with Gasteiger partial charge in [0.2, 0.25) is 5.91 Å². The Morgan fingerprint density at radius 3 is 2.82 bits per heavy atom. The first-order chi connectivity index (χ1) is 13.8. The van der Waals surface area contributed by atoms with Crippen LogP contribution >= 0.6 is 0 Å². The Balaban J connectivity index is 1.51. The van der Waals surface area contributed by atoms with E-state index in [1.165, 1.54) is 22.2 Å². The number of piperazine rings is 1. The van der Waals surface area contributed by atoms with Gasteiger partial charge in [-0.05, 0) is 36.5 Å². The first-order valence-electron chi connectivity index (χ1n) is 10.2. The number of rotatable bonds is 3. The van der Waals surface area contributed by atoms with Crippen LogP contribution in [0.15, 0.2) is 54.6 Å². The fraction of sp³-hybridized carbons (Fsp3) is 0.348. The highest BCUT2D eigenvalue weighted by Gasteiger charge is 2.57. The zero-order chi connectivity index (χ0) is 18.7. The fourth-order valence-corrected chi connectivity index (χ4v) is 5.54. The lowest BCUT2D eigenvalue weighted by Gasteiger charge is -2.53. The second-order valence-corrected chi connectivity index (χ2v) is 8.26. The summed E-state index contributed by atoms with van der Waals surface area (Å²) in [7, 11) is 0. The van der Waals surface area contributed by atoms with Gasteiger partial charge in [0, 0.05) is 24.0 Å². The van der Waals surface area contributed by atoms with Crippen LogP contribution in [0.1, 0.15) is 29.7 Å². The lowest BCUT2D eigenvalue weighted by Crippen LogP contribution is -2.76. The van der Waals surface area contributed by atoms with E-state index >= 15 is 0 Å². The summed E-state index contributed by atoms with van der Waals surface area (Å²) in [4.78, 5) is 19.0. The maximum Gasteiger partial charge on any atom is 0.240 e. The zero-order valence-electron chi connectivity index (χ0n) is 15.7. The van der Waals surface area contributed by atoms with Crippen LogP contribution in [-0.4, -0.2) is 34.4 Å². The number of carbonyl (C=O) groups excluding carboxylic acids is 1. The molecule has 3 aliphatic rings. The van der Waals surface area contributed by atoms with Gasteiger partial charge in [0.1, 0.15) is 5.66 Å². The molecule has 0 saturated carbocycles. The number of benzene rings is 2. The number of nitrogens with zero attached hydrogens (tertiary/aromatic N) is 1. The first-order valence-corrected chi connectivity index (χ1v) is 10.2. The number of aromatic nitrogens is 1. The van der Waals surface area contributed by atoms with Crippen LogP contribution in [0.3, 0.4) is 0 Å². The minimum absolute atomic E-state index is 0.132. The van der Waals surface area contributed by atoms with Gasteiger partial charge in [-0.1, -0.05) is 48.5 Å². The number of aromatic amines is 1. The molecule has 2 saturated heterocycles. The molecule has 3 N–H and O–H groups in total. The second-order valence-electron chi connectivity index (χ2n) is 8.26. The molecular formula is C23H24N4O. The second kappa shape index (κ2) is 5.93. The average molecular weight is 372 g/mol. The maximum absolute atomic E-state index is 13.1. The molecule has 3 aliphatic heterocycles. The summed E-state index contributed by atoms with van der Waals surface area (Å²) in [6.07, 6.45) is 2.83. The van der Waals surface area contributed by atoms with Crippen molar-refractivity contribution >= 4 is 16.8 Å². The standard InChI is InChI=1S/C23H24N4O/c28-22-19-13-17-16-9-4-5-10-18(16)25-21(17)23(26-19,20-11-6-12-27(20)22)24-14-15-7-2-1-3-8-15/h1-5,7-10,19-20,24-26H,6,11-14H2/t19-,20+,23-/m1/s1. The van der Waals surface area contributed by atoms with Gasteiger partial charge in [0.15, 0.2) is 0 Å². The van der Waals surface area contributed by atoms with E-state index in [4.69, 9.17) is 0 Å². The van der Waals surface area contributed by atoms with Gasteiger partial charge >= 0.3 is 0 Å². The fourth-order valence-electron chi connectivity index (χ4n) is 5.54. The number of H-pyrrole nitrogens is 1. The third-order valence-electron chi connectivity index (χ3n) is 6.77. The number of hydrogen-bond acceptors (Lipinski definition) is 3. The Hall–Kier alpha value is -2.63. The molecule has 0 spiro atoms. The van der Waals surface area contributed by atoms with E-state index < -0.39 is 5.66 Å². The van der Waals surface area contributed by atoms with Crippen LogP contribution in [0.4, 0.5) is 0 Å². The molecule has 6 rings (SSSR count). The van der Waals surface area contributed by atoms with Gasteiger partial charge < -0.3 is 9.88 Å². The van der Waals surface area contributed by atoms with Crippen LogP contribution in [0.5, 0.6) is 0 Å². The highest BCUT2D eigenvalue weighted by Crippen LogP contribution is 2.44. The summed E-state index contributed by atoms with van der Waals surface area (Å²) < 4.78 is 0. The quantitative estimate of drug-likeness (QED) is 0.662. The van der Waals surface area contributed by atoms with Crippen LogP contribution in [0.25, 0.3) is 10.9 Å². The molecule has 0 unspecified atom stereocenters. The summed E-state index contributed by atoms with van der Waals surface area (Å²) in [6.45, 7) is 1.62. The molecule has 1 amide bonds. The molecule has 3 atom stereocenters. The molecular weight excluding hydrogens is 348 g/mol. The van der Waals surface area contributed by atoms with Crippen molar-refractivity contribution in [3.8, 4) is 0 Å². The van der Waals surface area contributed by atoms with Crippen molar-refractivity contribution in [2.45, 2.75) is 43.6 Å². The van der Waals surface area contributed by atoms with Crippen LogP contribution in [0.2, 0.25) is 0 Å². The van der Waals surface area contributed by atoms with Crippen molar-refractivity contribution in [3.05, 3.63) is 71.4 Å². The number of nitrogens with one attached hydrogen (secondary N) is 3. The topological polar surface area (TPSA) is 60.2 Å². The predicted molar refractivity (Wildman–Crippen MR) is 109 cm³/mol. The van der Waals surface area contributed by atoms with Crippen molar-refractivity contribution < 1.29 is 4.79 Å². The molecule has 28 heavy (non-hydrogen) atoms. The van der Waals surface area contributed by atoms with Crippen molar-refractivity contribution in [3.63, 3.8) is 0 Å². The first kappa shape index (κ1) is 16.3. The highest BCUT2D eigenvalue weighted by atomic mass is 16.2. The minimum atomic E-state index is -0.433. The third kappa shape index (κ3) is 2.17. The van der Waals surface area contributed by atoms with Crippen molar-refractivity contribution in [1.82, 2.24) is 20.5 Å². The van der Waals surface area contributed by atoms with Crippen molar-refractivity contribution in [2.75, 3.05) is 6.54 Å². The zero-order valence-corrected chi connectivity index (χ0v) is 15.7. The van der Waals surface area contributed by atoms with E-state index in [1.807, 2.05) is 6.07 Å². The van der Waals surface area contributed by atoms with Crippen LogP contribution < -0.4 is 10.6 Å². The minimum Gasteiger partial charge on any atom is -0.355 e.